The molecule has 1 saturated heterocycles. The van der Waals surface area contributed by atoms with Gasteiger partial charge in [0.15, 0.2) is 0 Å². The van der Waals surface area contributed by atoms with Crippen LogP contribution in [-0.4, -0.2) is 49.7 Å². The molecule has 3 aromatic rings. The molecular formula is C24H27FN6O2. The first-order valence-electron chi connectivity index (χ1n) is 11.1. The minimum Gasteiger partial charge on any atom is -0.342 e. The average molecular weight is 451 g/mol. The number of likely N-dealkylation sites (tertiary alicyclic amines) is 1. The number of halogens is 1. The Bertz CT molecular complexity index is 1100. The highest BCUT2D eigenvalue weighted by molar-refractivity contribution is 5.89. The zero-order valence-electron chi connectivity index (χ0n) is 18.7. The molecule has 9 heteroatoms. The zero-order chi connectivity index (χ0) is 23.4. The van der Waals surface area contributed by atoms with Crippen LogP contribution in [0.4, 0.5) is 4.39 Å². The van der Waals surface area contributed by atoms with E-state index in [0.717, 1.165) is 12.0 Å². The van der Waals surface area contributed by atoms with E-state index in [1.807, 2.05) is 44.2 Å². The third-order valence-corrected chi connectivity index (χ3v) is 5.91. The molecule has 0 spiro atoms. The zero-order valence-corrected chi connectivity index (χ0v) is 18.7. The van der Waals surface area contributed by atoms with Crippen LogP contribution in [0.1, 0.15) is 61.2 Å². The average Bonchev–Trinajstić information content (AvgIpc) is 3.50. The van der Waals surface area contributed by atoms with E-state index in [2.05, 4.69) is 25.7 Å². The molecule has 1 aromatic carbocycles. The second-order valence-corrected chi connectivity index (χ2v) is 8.52. The van der Waals surface area contributed by atoms with Gasteiger partial charge in [0, 0.05) is 18.3 Å². The number of H-pyrrole nitrogens is 1. The van der Waals surface area contributed by atoms with E-state index < -0.39 is 12.1 Å². The molecule has 1 aliphatic heterocycles. The molecule has 0 saturated carbocycles. The first kappa shape index (κ1) is 22.6. The van der Waals surface area contributed by atoms with Crippen LogP contribution in [0.15, 0.2) is 48.8 Å². The van der Waals surface area contributed by atoms with Crippen LogP contribution < -0.4 is 5.32 Å². The minimum absolute atomic E-state index is 0.000840. The molecule has 2 N–H and O–H groups in total. The maximum atomic E-state index is 14.7. The van der Waals surface area contributed by atoms with Crippen molar-refractivity contribution in [2.45, 2.75) is 51.1 Å². The number of rotatable bonds is 7. The Kier molecular flexibility index (Phi) is 6.76. The Hall–Kier alpha value is -3.62. The van der Waals surface area contributed by atoms with E-state index in [1.165, 1.54) is 18.5 Å². The molecule has 2 amide bonds. The number of amides is 2. The van der Waals surface area contributed by atoms with E-state index in [0.29, 0.717) is 29.9 Å². The summed E-state index contributed by atoms with van der Waals surface area (Å²) in [6.45, 7) is 4.31. The monoisotopic (exact) mass is 450 g/mol. The van der Waals surface area contributed by atoms with Crippen molar-refractivity contribution in [1.29, 1.82) is 0 Å². The predicted molar refractivity (Wildman–Crippen MR) is 120 cm³/mol. The topological polar surface area (TPSA) is 104 Å². The summed E-state index contributed by atoms with van der Waals surface area (Å²) in [5.74, 6) is -0.817. The van der Waals surface area contributed by atoms with Gasteiger partial charge in [-0.1, -0.05) is 44.2 Å². The van der Waals surface area contributed by atoms with Crippen LogP contribution in [0.3, 0.4) is 0 Å². The maximum Gasteiger partial charge on any atom is 0.243 e. The van der Waals surface area contributed by atoms with Gasteiger partial charge in [-0.25, -0.2) is 4.39 Å². The number of carbonyl (C=O) groups excluding carboxylic acids is 2. The van der Waals surface area contributed by atoms with Crippen LogP contribution in [0, 0.1) is 5.82 Å². The number of aromatic amines is 1. The van der Waals surface area contributed by atoms with Gasteiger partial charge >= 0.3 is 0 Å². The van der Waals surface area contributed by atoms with E-state index in [-0.39, 0.29) is 30.0 Å². The fourth-order valence-electron chi connectivity index (χ4n) is 4.16. The van der Waals surface area contributed by atoms with Crippen molar-refractivity contribution in [2.75, 3.05) is 6.54 Å². The van der Waals surface area contributed by atoms with Crippen LogP contribution in [-0.2, 0) is 16.0 Å². The van der Waals surface area contributed by atoms with Gasteiger partial charge in [-0.2, -0.15) is 15.4 Å². The van der Waals surface area contributed by atoms with Gasteiger partial charge in [0.2, 0.25) is 11.8 Å². The lowest BCUT2D eigenvalue weighted by atomic mass is 9.99. The molecular weight excluding hydrogens is 423 g/mol. The normalized spacial score (nSPS) is 16.7. The molecule has 0 aliphatic carbocycles. The van der Waals surface area contributed by atoms with E-state index >= 15 is 0 Å². The van der Waals surface area contributed by atoms with Crippen molar-refractivity contribution in [2.24, 2.45) is 0 Å². The number of pyridine rings is 1. The third-order valence-electron chi connectivity index (χ3n) is 5.91. The summed E-state index contributed by atoms with van der Waals surface area (Å²) in [5.41, 5.74) is 2.25. The van der Waals surface area contributed by atoms with Crippen LogP contribution >= 0.6 is 0 Å². The van der Waals surface area contributed by atoms with Crippen molar-refractivity contribution in [1.82, 2.24) is 30.6 Å². The molecule has 33 heavy (non-hydrogen) atoms. The summed E-state index contributed by atoms with van der Waals surface area (Å²) in [5, 5.41) is 13.2. The van der Waals surface area contributed by atoms with Gasteiger partial charge in [0.05, 0.1) is 30.0 Å². The summed E-state index contributed by atoms with van der Waals surface area (Å²) in [7, 11) is 0. The number of hydrogen-bond acceptors (Lipinski definition) is 5. The molecule has 1 unspecified atom stereocenters. The van der Waals surface area contributed by atoms with Crippen molar-refractivity contribution < 1.29 is 14.0 Å². The Morgan fingerprint density at radius 1 is 1.24 bits per heavy atom. The van der Waals surface area contributed by atoms with Gasteiger partial charge in [-0.3, -0.25) is 14.6 Å². The smallest absolute Gasteiger partial charge is 0.243 e. The molecule has 0 radical (unpaired) electrons. The Morgan fingerprint density at radius 3 is 2.70 bits per heavy atom. The summed E-state index contributed by atoms with van der Waals surface area (Å²) in [6.07, 6.45) is 4.39. The first-order valence-corrected chi connectivity index (χ1v) is 11.1. The molecule has 3 heterocycles. The number of benzene rings is 1. The summed E-state index contributed by atoms with van der Waals surface area (Å²) in [6, 6.07) is 9.46. The lowest BCUT2D eigenvalue weighted by Crippen LogP contribution is -2.47. The molecule has 1 fully saturated rings. The van der Waals surface area contributed by atoms with E-state index in [1.54, 1.807) is 4.90 Å². The highest BCUT2D eigenvalue weighted by Gasteiger charge is 2.35. The molecule has 0 bridgehead atoms. The number of hydrogen-bond donors (Lipinski definition) is 2. The predicted octanol–water partition coefficient (Wildman–Crippen LogP) is 2.90. The van der Waals surface area contributed by atoms with Crippen molar-refractivity contribution in [3.8, 4) is 0 Å². The summed E-state index contributed by atoms with van der Waals surface area (Å²) < 4.78 is 14.7. The number of carbonyl (C=O) groups is 2. The molecule has 8 nitrogen and oxygen atoms in total. The van der Waals surface area contributed by atoms with Crippen molar-refractivity contribution >= 4 is 11.8 Å². The lowest BCUT2D eigenvalue weighted by Gasteiger charge is -2.27. The number of aromatic nitrogens is 4. The Labute approximate surface area is 191 Å². The van der Waals surface area contributed by atoms with Gasteiger partial charge in [-0.05, 0) is 30.4 Å². The highest BCUT2D eigenvalue weighted by Crippen LogP contribution is 2.26. The SMILES string of the molecule is CC(C)c1cnc(C(NC(=O)[C@@H]2CCCN2C(=O)Cc2cn[nH]n2)c2ccccc2)cc1F. The van der Waals surface area contributed by atoms with Gasteiger partial charge in [-0.15, -0.1) is 0 Å². The van der Waals surface area contributed by atoms with Crippen molar-refractivity contribution in [3.63, 3.8) is 0 Å². The highest BCUT2D eigenvalue weighted by atomic mass is 19.1. The molecule has 2 aromatic heterocycles. The van der Waals surface area contributed by atoms with Crippen LogP contribution in [0.2, 0.25) is 0 Å². The standard InChI is InChI=1S/C24H27FN6O2/c1-15(2)18-14-26-20(12-19(18)25)23(16-7-4-3-5-8-16)28-24(33)21-9-6-10-31(21)22(32)11-17-13-27-30-29-17/h3-5,7-8,12-15,21,23H,6,9-11H2,1-2H3,(H,28,33)(H,27,29,30)/t21-,23?/m0/s1. The summed E-state index contributed by atoms with van der Waals surface area (Å²) in [4.78, 5) is 32.2. The quantitative estimate of drug-likeness (QED) is 0.576. The molecule has 1 aliphatic rings. The van der Waals surface area contributed by atoms with Gasteiger partial charge < -0.3 is 10.2 Å². The summed E-state index contributed by atoms with van der Waals surface area (Å²) >= 11 is 0. The second kappa shape index (κ2) is 9.89. The molecule has 172 valence electrons. The maximum absolute atomic E-state index is 14.7. The molecule has 4 rings (SSSR count). The number of nitrogens with one attached hydrogen (secondary N) is 2. The third kappa shape index (κ3) is 5.08. The number of nitrogens with zero attached hydrogens (tertiary/aromatic N) is 4. The second-order valence-electron chi connectivity index (χ2n) is 8.52. The Morgan fingerprint density at radius 2 is 2.03 bits per heavy atom. The van der Waals surface area contributed by atoms with Crippen LogP contribution in [0.25, 0.3) is 0 Å². The largest absolute Gasteiger partial charge is 0.342 e. The molecule has 2 atom stereocenters. The lowest BCUT2D eigenvalue weighted by molar-refractivity contribution is -0.138. The Balaban J connectivity index is 1.56. The fraction of sp³-hybridized carbons (Fsp3) is 0.375. The fourth-order valence-corrected chi connectivity index (χ4v) is 4.16. The van der Waals surface area contributed by atoms with E-state index in [4.69, 9.17) is 0 Å². The van der Waals surface area contributed by atoms with Gasteiger partial charge in [0.1, 0.15) is 11.9 Å². The minimum atomic E-state index is -0.637. The van der Waals surface area contributed by atoms with Crippen molar-refractivity contribution in [3.05, 3.63) is 77.1 Å². The first-order chi connectivity index (χ1) is 15.9. The van der Waals surface area contributed by atoms with E-state index in [9.17, 15) is 14.0 Å². The van der Waals surface area contributed by atoms with Crippen LogP contribution in [0.5, 0.6) is 0 Å². The van der Waals surface area contributed by atoms with Gasteiger partial charge in [0.25, 0.3) is 0 Å².